The molecule has 4 rings (SSSR count). The molecule has 3 heterocycles. The molecule has 0 spiro atoms. The van der Waals surface area contributed by atoms with E-state index < -0.39 is 0 Å². The van der Waals surface area contributed by atoms with Crippen molar-refractivity contribution in [3.05, 3.63) is 41.9 Å². The van der Waals surface area contributed by atoms with Gasteiger partial charge in [0.15, 0.2) is 11.5 Å². The molecule has 146 valence electrons. The largest absolute Gasteiger partial charge is 0.497 e. The summed E-state index contributed by atoms with van der Waals surface area (Å²) in [5.74, 6) is 1.91. The van der Waals surface area contributed by atoms with E-state index in [2.05, 4.69) is 20.5 Å². The summed E-state index contributed by atoms with van der Waals surface area (Å²) in [4.78, 5) is 18.9. The third-order valence-electron chi connectivity index (χ3n) is 4.85. The molecule has 9 nitrogen and oxygen atoms in total. The fourth-order valence-corrected chi connectivity index (χ4v) is 3.18. The quantitative estimate of drug-likeness (QED) is 0.668. The first-order valence-corrected chi connectivity index (χ1v) is 9.24. The van der Waals surface area contributed by atoms with Gasteiger partial charge in [-0.25, -0.2) is 4.68 Å². The maximum Gasteiger partial charge on any atom is 0.280 e. The molecule has 0 aliphatic carbocycles. The average molecular weight is 382 g/mol. The summed E-state index contributed by atoms with van der Waals surface area (Å²) in [6.45, 7) is 5.24. The molecule has 0 radical (unpaired) electrons. The third-order valence-corrected chi connectivity index (χ3v) is 4.85. The van der Waals surface area contributed by atoms with Crippen LogP contribution in [0.25, 0.3) is 11.6 Å². The third kappa shape index (κ3) is 3.47. The Morgan fingerprint density at radius 3 is 2.75 bits per heavy atom. The molecule has 9 heteroatoms. The number of rotatable bonds is 5. The lowest BCUT2D eigenvalue weighted by Crippen LogP contribution is -2.29. The Hall–Kier alpha value is -3.23. The maximum atomic E-state index is 12.7. The second-order valence-electron chi connectivity index (χ2n) is 7.12. The van der Waals surface area contributed by atoms with Gasteiger partial charge in [-0.2, -0.15) is 4.98 Å². The highest BCUT2D eigenvalue weighted by molar-refractivity contribution is 5.94. The molecule has 1 fully saturated rings. The highest BCUT2D eigenvalue weighted by Crippen LogP contribution is 2.25. The van der Waals surface area contributed by atoms with Gasteiger partial charge >= 0.3 is 0 Å². The van der Waals surface area contributed by atoms with Gasteiger partial charge in [-0.05, 0) is 30.7 Å². The van der Waals surface area contributed by atoms with Crippen LogP contribution in [0.4, 0.5) is 0 Å². The minimum Gasteiger partial charge on any atom is -0.497 e. The summed E-state index contributed by atoms with van der Waals surface area (Å²) in [5.41, 5.74) is 1.19. The number of hydrogen-bond acceptors (Lipinski definition) is 7. The van der Waals surface area contributed by atoms with Crippen molar-refractivity contribution < 1.29 is 14.1 Å². The first-order chi connectivity index (χ1) is 13.5. The lowest BCUT2D eigenvalue weighted by atomic mass is 10.2. The topological polar surface area (TPSA) is 99.2 Å². The van der Waals surface area contributed by atoms with E-state index in [4.69, 9.17) is 9.26 Å². The molecule has 1 atom stereocenters. The van der Waals surface area contributed by atoms with Gasteiger partial charge in [0.2, 0.25) is 0 Å². The Balaban J connectivity index is 1.44. The zero-order chi connectivity index (χ0) is 19.7. The van der Waals surface area contributed by atoms with Crippen LogP contribution < -0.4 is 4.74 Å². The van der Waals surface area contributed by atoms with Crippen molar-refractivity contribution >= 4 is 5.91 Å². The summed E-state index contributed by atoms with van der Waals surface area (Å²) in [6, 6.07) is 7.21. The van der Waals surface area contributed by atoms with Gasteiger partial charge in [-0.15, -0.1) is 5.10 Å². The van der Waals surface area contributed by atoms with Gasteiger partial charge in [0.05, 0.1) is 19.3 Å². The first-order valence-electron chi connectivity index (χ1n) is 9.24. The first kappa shape index (κ1) is 18.1. The van der Waals surface area contributed by atoms with Crippen molar-refractivity contribution in [1.82, 2.24) is 30.0 Å². The predicted molar refractivity (Wildman–Crippen MR) is 100.0 cm³/mol. The summed E-state index contributed by atoms with van der Waals surface area (Å²) in [7, 11) is 1.60. The monoisotopic (exact) mass is 382 g/mol. The van der Waals surface area contributed by atoms with E-state index in [0.717, 1.165) is 12.2 Å². The second kappa shape index (κ2) is 7.41. The number of likely N-dealkylation sites (tertiary alicyclic amines) is 1. The van der Waals surface area contributed by atoms with Crippen LogP contribution in [0.3, 0.4) is 0 Å². The number of aromatic nitrogens is 5. The molecular formula is C19H22N6O3. The number of methoxy groups -OCH3 is 1. The molecule has 2 aromatic heterocycles. The number of hydrogen-bond donors (Lipinski definition) is 0. The number of nitrogens with zero attached hydrogens (tertiary/aromatic N) is 6. The summed E-state index contributed by atoms with van der Waals surface area (Å²) in [6.07, 6.45) is 2.61. The van der Waals surface area contributed by atoms with E-state index in [1.807, 2.05) is 18.7 Å². The highest BCUT2D eigenvalue weighted by Gasteiger charge is 2.29. The zero-order valence-electron chi connectivity index (χ0n) is 16.1. The van der Waals surface area contributed by atoms with Crippen molar-refractivity contribution in [3.63, 3.8) is 0 Å². The Morgan fingerprint density at radius 1 is 1.29 bits per heavy atom. The van der Waals surface area contributed by atoms with Crippen molar-refractivity contribution in [3.8, 4) is 17.3 Å². The number of ether oxygens (including phenoxy) is 1. The lowest BCUT2D eigenvalue weighted by Gasteiger charge is -2.16. The molecule has 1 unspecified atom stereocenters. The summed E-state index contributed by atoms with van der Waals surface area (Å²) in [5, 5.41) is 12.3. The molecule has 0 saturated carbocycles. The van der Waals surface area contributed by atoms with Crippen LogP contribution in [-0.2, 0) is 0 Å². The van der Waals surface area contributed by atoms with Crippen LogP contribution in [-0.4, -0.2) is 56.1 Å². The number of benzene rings is 1. The van der Waals surface area contributed by atoms with E-state index in [1.165, 1.54) is 0 Å². The number of amides is 1. The Labute approximate surface area is 162 Å². The van der Waals surface area contributed by atoms with E-state index >= 15 is 0 Å². The van der Waals surface area contributed by atoms with Crippen molar-refractivity contribution in [2.75, 3.05) is 20.2 Å². The van der Waals surface area contributed by atoms with E-state index in [9.17, 15) is 4.79 Å². The SMILES string of the molecule is COc1ccc(C(=O)N2CCC(n3cc(-c4nc(C(C)C)no4)nn3)C2)cc1. The average Bonchev–Trinajstić information content (AvgIpc) is 3.46. The van der Waals surface area contributed by atoms with Crippen molar-refractivity contribution in [2.24, 2.45) is 0 Å². The van der Waals surface area contributed by atoms with E-state index in [1.54, 1.807) is 42.3 Å². The molecule has 1 aromatic carbocycles. The fourth-order valence-electron chi connectivity index (χ4n) is 3.18. The second-order valence-corrected chi connectivity index (χ2v) is 7.12. The summed E-state index contributed by atoms with van der Waals surface area (Å²) >= 11 is 0. The molecular weight excluding hydrogens is 360 g/mol. The smallest absolute Gasteiger partial charge is 0.280 e. The van der Waals surface area contributed by atoms with Crippen LogP contribution >= 0.6 is 0 Å². The van der Waals surface area contributed by atoms with Crippen LogP contribution in [0.15, 0.2) is 35.0 Å². The van der Waals surface area contributed by atoms with Gasteiger partial charge < -0.3 is 14.2 Å². The predicted octanol–water partition coefficient (Wildman–Crippen LogP) is 2.55. The minimum absolute atomic E-state index is 0.00367. The normalized spacial score (nSPS) is 16.7. The number of carbonyl (C=O) groups is 1. The van der Waals surface area contributed by atoms with E-state index in [0.29, 0.717) is 36.1 Å². The van der Waals surface area contributed by atoms with Gasteiger partial charge in [0, 0.05) is 24.6 Å². The Bertz CT molecular complexity index is 962. The van der Waals surface area contributed by atoms with Crippen molar-refractivity contribution in [2.45, 2.75) is 32.2 Å². The van der Waals surface area contributed by atoms with Crippen LogP contribution in [0.2, 0.25) is 0 Å². The lowest BCUT2D eigenvalue weighted by molar-refractivity contribution is 0.0787. The highest BCUT2D eigenvalue weighted by atomic mass is 16.5. The molecule has 28 heavy (non-hydrogen) atoms. The van der Waals surface area contributed by atoms with Crippen LogP contribution in [0, 0.1) is 0 Å². The van der Waals surface area contributed by atoms with Gasteiger partial charge in [-0.1, -0.05) is 24.2 Å². The van der Waals surface area contributed by atoms with Crippen LogP contribution in [0.1, 0.15) is 48.4 Å². The van der Waals surface area contributed by atoms with Crippen LogP contribution in [0.5, 0.6) is 5.75 Å². The van der Waals surface area contributed by atoms with E-state index in [-0.39, 0.29) is 17.9 Å². The Kier molecular flexibility index (Phi) is 4.81. The summed E-state index contributed by atoms with van der Waals surface area (Å²) < 4.78 is 12.2. The minimum atomic E-state index is 0.00367. The molecule has 3 aromatic rings. The maximum absolute atomic E-state index is 12.7. The molecule has 1 saturated heterocycles. The van der Waals surface area contributed by atoms with Gasteiger partial charge in [0.25, 0.3) is 11.8 Å². The molecule has 0 N–H and O–H groups in total. The Morgan fingerprint density at radius 2 is 2.07 bits per heavy atom. The number of carbonyl (C=O) groups excluding carboxylic acids is 1. The fraction of sp³-hybridized carbons (Fsp3) is 0.421. The van der Waals surface area contributed by atoms with Gasteiger partial charge in [0.1, 0.15) is 5.75 Å². The molecule has 0 bridgehead atoms. The molecule has 1 aliphatic heterocycles. The zero-order valence-corrected chi connectivity index (χ0v) is 16.1. The molecule has 1 aliphatic rings. The molecule has 1 amide bonds. The standard InChI is InChI=1S/C19H22N6O3/c1-12(2)17-20-18(28-22-17)16-11-25(23-21-16)14-8-9-24(10-14)19(26)13-4-6-15(27-3)7-5-13/h4-7,11-12,14H,8-10H2,1-3H3. The van der Waals surface area contributed by atoms with Gasteiger partial charge in [-0.3, -0.25) is 4.79 Å². The van der Waals surface area contributed by atoms with Crippen molar-refractivity contribution in [1.29, 1.82) is 0 Å².